The first kappa shape index (κ1) is 14.2. The van der Waals surface area contributed by atoms with E-state index in [0.717, 1.165) is 5.52 Å². The fourth-order valence-corrected chi connectivity index (χ4v) is 2.09. The number of halogens is 3. The fourth-order valence-electron chi connectivity index (χ4n) is 2.09. The molecular formula is C13H12F3NO3. The van der Waals surface area contributed by atoms with Gasteiger partial charge in [-0.1, -0.05) is 0 Å². The molecule has 1 aromatic carbocycles. The fraction of sp³-hybridized carbons (Fsp3) is 0.308. The van der Waals surface area contributed by atoms with Crippen LogP contribution in [0.1, 0.15) is 12.0 Å². The number of rotatable bonds is 4. The van der Waals surface area contributed by atoms with E-state index >= 15 is 0 Å². The van der Waals surface area contributed by atoms with Gasteiger partial charge in [0, 0.05) is 30.6 Å². The van der Waals surface area contributed by atoms with Gasteiger partial charge in [-0.15, -0.1) is 13.2 Å². The molecule has 108 valence electrons. The molecule has 0 atom stereocenters. The highest BCUT2D eigenvalue weighted by atomic mass is 19.4. The van der Waals surface area contributed by atoms with Gasteiger partial charge in [0.2, 0.25) is 0 Å². The number of ether oxygens (including phenoxy) is 1. The highest BCUT2D eigenvalue weighted by Gasteiger charge is 2.31. The normalized spacial score (nSPS) is 11.8. The third-order valence-corrected chi connectivity index (χ3v) is 2.89. The molecule has 0 saturated carbocycles. The van der Waals surface area contributed by atoms with Gasteiger partial charge >= 0.3 is 12.3 Å². The molecule has 0 aliphatic carbocycles. The van der Waals surface area contributed by atoms with E-state index in [1.807, 2.05) is 0 Å². The summed E-state index contributed by atoms with van der Waals surface area (Å²) in [6.07, 6.45) is -2.86. The molecule has 1 aromatic heterocycles. The predicted molar refractivity (Wildman–Crippen MR) is 65.6 cm³/mol. The van der Waals surface area contributed by atoms with Crippen LogP contribution in [0.15, 0.2) is 24.4 Å². The molecule has 0 spiro atoms. The lowest BCUT2D eigenvalue weighted by Crippen LogP contribution is -2.17. The average molecular weight is 287 g/mol. The number of fused-ring (bicyclic) bond motifs is 1. The molecule has 20 heavy (non-hydrogen) atoms. The van der Waals surface area contributed by atoms with Crippen molar-refractivity contribution in [3.05, 3.63) is 30.0 Å². The smallest absolute Gasteiger partial charge is 0.481 e. The van der Waals surface area contributed by atoms with Crippen LogP contribution >= 0.6 is 0 Å². The van der Waals surface area contributed by atoms with Crippen molar-refractivity contribution >= 4 is 16.9 Å². The molecule has 0 aliphatic heterocycles. The summed E-state index contributed by atoms with van der Waals surface area (Å²) in [5.74, 6) is -1.27. The van der Waals surface area contributed by atoms with Crippen molar-refractivity contribution in [2.75, 3.05) is 0 Å². The molecule has 1 heterocycles. The SMILES string of the molecule is Cn1cc(CCC(=O)O)c2cc(OC(F)(F)F)ccc21. The summed E-state index contributed by atoms with van der Waals surface area (Å²) in [7, 11) is 1.75. The van der Waals surface area contributed by atoms with Crippen LogP contribution in [0.3, 0.4) is 0 Å². The Labute approximate surface area is 112 Å². The zero-order valence-corrected chi connectivity index (χ0v) is 10.6. The van der Waals surface area contributed by atoms with Crippen LogP contribution in [0.5, 0.6) is 5.75 Å². The molecule has 0 radical (unpaired) electrons. The lowest BCUT2D eigenvalue weighted by atomic mass is 10.1. The summed E-state index contributed by atoms with van der Waals surface area (Å²) < 4.78 is 42.2. The van der Waals surface area contributed by atoms with Crippen LogP contribution in [0, 0.1) is 0 Å². The van der Waals surface area contributed by atoms with E-state index in [1.165, 1.54) is 18.2 Å². The standard InChI is InChI=1S/C13H12F3NO3/c1-17-7-8(2-5-12(18)19)10-6-9(3-4-11(10)17)20-13(14,15)16/h3-4,6-7H,2,5H2,1H3,(H,18,19). The van der Waals surface area contributed by atoms with Gasteiger partial charge in [0.25, 0.3) is 0 Å². The molecular weight excluding hydrogens is 275 g/mol. The third kappa shape index (κ3) is 3.23. The highest BCUT2D eigenvalue weighted by molar-refractivity contribution is 5.85. The van der Waals surface area contributed by atoms with Crippen molar-refractivity contribution in [2.24, 2.45) is 7.05 Å². The third-order valence-electron chi connectivity index (χ3n) is 2.89. The minimum absolute atomic E-state index is 0.0799. The lowest BCUT2D eigenvalue weighted by Gasteiger charge is -2.09. The van der Waals surface area contributed by atoms with Crippen LogP contribution in [-0.4, -0.2) is 22.0 Å². The minimum Gasteiger partial charge on any atom is -0.481 e. The second kappa shape index (κ2) is 5.07. The van der Waals surface area contributed by atoms with Gasteiger partial charge in [0.1, 0.15) is 5.75 Å². The summed E-state index contributed by atoms with van der Waals surface area (Å²) in [5, 5.41) is 9.25. The molecule has 7 heteroatoms. The van der Waals surface area contributed by atoms with E-state index < -0.39 is 12.3 Å². The number of carboxylic acids is 1. The van der Waals surface area contributed by atoms with Gasteiger partial charge in [-0.2, -0.15) is 0 Å². The van der Waals surface area contributed by atoms with Gasteiger partial charge in [-0.3, -0.25) is 4.79 Å². The van der Waals surface area contributed by atoms with Gasteiger partial charge in [0.05, 0.1) is 0 Å². The van der Waals surface area contributed by atoms with Crippen LogP contribution in [0.25, 0.3) is 10.9 Å². The molecule has 2 aromatic rings. The number of hydrogen-bond donors (Lipinski definition) is 1. The van der Waals surface area contributed by atoms with Crippen LogP contribution in [0.4, 0.5) is 13.2 Å². The molecule has 1 N–H and O–H groups in total. The van der Waals surface area contributed by atoms with Crippen molar-refractivity contribution in [3.8, 4) is 5.75 Å². The van der Waals surface area contributed by atoms with Crippen molar-refractivity contribution in [2.45, 2.75) is 19.2 Å². The molecule has 0 saturated heterocycles. The van der Waals surface area contributed by atoms with E-state index in [4.69, 9.17) is 5.11 Å². The van der Waals surface area contributed by atoms with Gasteiger partial charge in [-0.05, 0) is 30.2 Å². The van der Waals surface area contributed by atoms with Gasteiger partial charge in [-0.25, -0.2) is 0 Å². The predicted octanol–water partition coefficient (Wildman–Crippen LogP) is 3.09. The van der Waals surface area contributed by atoms with Crippen molar-refractivity contribution in [3.63, 3.8) is 0 Å². The quantitative estimate of drug-likeness (QED) is 0.940. The number of carboxylic acid groups (broad SMARTS) is 1. The summed E-state index contributed by atoms with van der Waals surface area (Å²) in [5.41, 5.74) is 1.40. The maximum atomic E-state index is 12.2. The second-order valence-electron chi connectivity index (χ2n) is 4.39. The molecule has 0 aliphatic rings. The molecule has 0 amide bonds. The Morgan fingerprint density at radius 3 is 2.70 bits per heavy atom. The first-order valence-electron chi connectivity index (χ1n) is 5.82. The molecule has 0 fully saturated rings. The maximum Gasteiger partial charge on any atom is 0.573 e. The van der Waals surface area contributed by atoms with E-state index in [9.17, 15) is 18.0 Å². The number of aryl methyl sites for hydroxylation is 2. The number of carbonyl (C=O) groups is 1. The summed E-state index contributed by atoms with van der Waals surface area (Å²) >= 11 is 0. The van der Waals surface area contributed by atoms with Crippen LogP contribution < -0.4 is 4.74 Å². The number of aliphatic carboxylic acids is 1. The average Bonchev–Trinajstić information content (AvgIpc) is 2.61. The Morgan fingerprint density at radius 2 is 2.10 bits per heavy atom. The summed E-state index contributed by atoms with van der Waals surface area (Å²) in [4.78, 5) is 10.6. The maximum absolute atomic E-state index is 12.2. The Hall–Kier alpha value is -2.18. The number of benzene rings is 1. The molecule has 2 rings (SSSR count). The van der Waals surface area contributed by atoms with E-state index in [2.05, 4.69) is 4.74 Å². The molecule has 4 nitrogen and oxygen atoms in total. The minimum atomic E-state index is -4.75. The highest BCUT2D eigenvalue weighted by Crippen LogP contribution is 2.29. The summed E-state index contributed by atoms with van der Waals surface area (Å²) in [6, 6.07) is 4.03. The first-order valence-corrected chi connectivity index (χ1v) is 5.82. The zero-order valence-electron chi connectivity index (χ0n) is 10.6. The Morgan fingerprint density at radius 1 is 1.40 bits per heavy atom. The van der Waals surface area contributed by atoms with Crippen LogP contribution in [-0.2, 0) is 18.3 Å². The lowest BCUT2D eigenvalue weighted by molar-refractivity contribution is -0.274. The molecule has 0 bridgehead atoms. The second-order valence-corrected chi connectivity index (χ2v) is 4.39. The van der Waals surface area contributed by atoms with E-state index in [-0.39, 0.29) is 18.6 Å². The van der Waals surface area contributed by atoms with E-state index in [1.54, 1.807) is 17.8 Å². The van der Waals surface area contributed by atoms with Crippen LogP contribution in [0.2, 0.25) is 0 Å². The number of hydrogen-bond acceptors (Lipinski definition) is 2. The Bertz CT molecular complexity index is 646. The first-order chi connectivity index (χ1) is 9.26. The van der Waals surface area contributed by atoms with Crippen molar-refractivity contribution in [1.82, 2.24) is 4.57 Å². The van der Waals surface area contributed by atoms with Gasteiger partial charge < -0.3 is 14.4 Å². The number of alkyl halides is 3. The van der Waals surface area contributed by atoms with Crippen molar-refractivity contribution in [1.29, 1.82) is 0 Å². The zero-order chi connectivity index (χ0) is 14.9. The Kier molecular flexibility index (Phi) is 3.61. The number of nitrogens with zero attached hydrogens (tertiary/aromatic N) is 1. The molecule has 0 unspecified atom stereocenters. The largest absolute Gasteiger partial charge is 0.573 e. The van der Waals surface area contributed by atoms with Crippen molar-refractivity contribution < 1.29 is 27.8 Å². The van der Waals surface area contributed by atoms with Gasteiger partial charge in [0.15, 0.2) is 0 Å². The monoisotopic (exact) mass is 287 g/mol. The topological polar surface area (TPSA) is 51.5 Å². The number of aromatic nitrogens is 1. The summed E-state index contributed by atoms with van der Waals surface area (Å²) in [6.45, 7) is 0. The van der Waals surface area contributed by atoms with E-state index in [0.29, 0.717) is 10.9 Å². The Balaban J connectivity index is 2.38.